The number of nitrogens with one attached hydrogen (secondary N) is 1. The molecule has 21 heavy (non-hydrogen) atoms. The molecule has 0 aliphatic rings. The Morgan fingerprint density at radius 2 is 1.86 bits per heavy atom. The zero-order chi connectivity index (χ0) is 14.7. The van der Waals surface area contributed by atoms with E-state index in [1.165, 1.54) is 0 Å². The third-order valence-electron chi connectivity index (χ3n) is 3.43. The lowest BCUT2D eigenvalue weighted by Gasteiger charge is -2.16. The Hall–Kier alpha value is -2.42. The maximum Gasteiger partial charge on any atom is 0.142 e. The largest absolute Gasteiger partial charge is 0.492 e. The first-order valence-corrected chi connectivity index (χ1v) is 7.24. The van der Waals surface area contributed by atoms with Crippen molar-refractivity contribution in [2.24, 2.45) is 0 Å². The van der Waals surface area contributed by atoms with E-state index in [0.29, 0.717) is 6.61 Å². The van der Waals surface area contributed by atoms with Crippen LogP contribution < -0.4 is 10.1 Å². The minimum atomic E-state index is 0.0685. The molecule has 0 saturated heterocycles. The summed E-state index contributed by atoms with van der Waals surface area (Å²) in [6.07, 6.45) is 0. The molecule has 3 aromatic rings. The maximum absolute atomic E-state index is 5.90. The molecule has 1 N–H and O–H groups in total. The molecule has 0 bridgehead atoms. The van der Waals surface area contributed by atoms with Gasteiger partial charge in [0, 0.05) is 5.39 Å². The summed E-state index contributed by atoms with van der Waals surface area (Å²) in [6.45, 7) is 4.72. The van der Waals surface area contributed by atoms with E-state index in [0.717, 1.165) is 28.2 Å². The van der Waals surface area contributed by atoms with Crippen LogP contribution in [0.3, 0.4) is 0 Å². The zero-order valence-electron chi connectivity index (χ0n) is 12.3. The summed E-state index contributed by atoms with van der Waals surface area (Å²) in [5.41, 5.74) is 1.89. The van der Waals surface area contributed by atoms with Gasteiger partial charge in [0.1, 0.15) is 17.1 Å². The van der Waals surface area contributed by atoms with E-state index in [4.69, 9.17) is 9.15 Å². The van der Waals surface area contributed by atoms with Crippen molar-refractivity contribution in [2.45, 2.75) is 19.9 Å². The SMILES string of the molecule is CCOc1ccccc1NC(C)c1cc2ccccc2o1. The van der Waals surface area contributed by atoms with Crippen LogP contribution in [0.5, 0.6) is 5.75 Å². The van der Waals surface area contributed by atoms with E-state index in [9.17, 15) is 0 Å². The predicted octanol–water partition coefficient (Wildman–Crippen LogP) is 5.00. The highest BCUT2D eigenvalue weighted by atomic mass is 16.5. The topological polar surface area (TPSA) is 34.4 Å². The number of furan rings is 1. The molecule has 3 heteroatoms. The van der Waals surface area contributed by atoms with E-state index in [2.05, 4.69) is 24.4 Å². The van der Waals surface area contributed by atoms with Crippen molar-refractivity contribution < 1.29 is 9.15 Å². The number of hydrogen-bond donors (Lipinski definition) is 1. The molecule has 0 radical (unpaired) electrons. The summed E-state index contributed by atoms with van der Waals surface area (Å²) < 4.78 is 11.5. The van der Waals surface area contributed by atoms with Gasteiger partial charge < -0.3 is 14.5 Å². The summed E-state index contributed by atoms with van der Waals surface area (Å²) in [5.74, 6) is 1.78. The molecule has 0 saturated carbocycles. The van der Waals surface area contributed by atoms with Crippen LogP contribution in [0.4, 0.5) is 5.69 Å². The van der Waals surface area contributed by atoms with Crippen LogP contribution in [0.25, 0.3) is 11.0 Å². The van der Waals surface area contributed by atoms with Gasteiger partial charge in [-0.2, -0.15) is 0 Å². The Kier molecular flexibility index (Phi) is 3.82. The standard InChI is InChI=1S/C18H19NO2/c1-3-20-17-11-7-5-9-15(17)19-13(2)18-12-14-8-4-6-10-16(14)21-18/h4-13,19H,3H2,1-2H3. The Bertz CT molecular complexity index is 700. The van der Waals surface area contributed by atoms with Crippen molar-refractivity contribution in [3.8, 4) is 5.75 Å². The highest BCUT2D eigenvalue weighted by molar-refractivity contribution is 5.78. The van der Waals surface area contributed by atoms with Gasteiger partial charge in [-0.1, -0.05) is 30.3 Å². The fourth-order valence-electron chi connectivity index (χ4n) is 2.39. The summed E-state index contributed by atoms with van der Waals surface area (Å²) in [5, 5.41) is 4.58. The van der Waals surface area contributed by atoms with Gasteiger partial charge in [0.2, 0.25) is 0 Å². The summed E-state index contributed by atoms with van der Waals surface area (Å²) >= 11 is 0. The average molecular weight is 281 g/mol. The molecule has 0 fully saturated rings. The summed E-state index contributed by atoms with van der Waals surface area (Å²) in [7, 11) is 0. The van der Waals surface area contributed by atoms with Gasteiger partial charge in [-0.05, 0) is 38.1 Å². The summed E-state index contributed by atoms with van der Waals surface area (Å²) in [4.78, 5) is 0. The molecule has 108 valence electrons. The predicted molar refractivity (Wildman–Crippen MR) is 85.9 cm³/mol. The lowest BCUT2D eigenvalue weighted by atomic mass is 10.2. The minimum absolute atomic E-state index is 0.0685. The van der Waals surface area contributed by atoms with Gasteiger partial charge in [-0.3, -0.25) is 0 Å². The van der Waals surface area contributed by atoms with Crippen molar-refractivity contribution >= 4 is 16.7 Å². The van der Waals surface area contributed by atoms with Gasteiger partial charge in [0.05, 0.1) is 18.3 Å². The number of rotatable bonds is 5. The number of ether oxygens (including phenoxy) is 1. The zero-order valence-corrected chi connectivity index (χ0v) is 12.3. The van der Waals surface area contributed by atoms with Crippen molar-refractivity contribution in [1.82, 2.24) is 0 Å². The van der Waals surface area contributed by atoms with Crippen molar-refractivity contribution in [2.75, 3.05) is 11.9 Å². The third kappa shape index (κ3) is 2.87. The van der Waals surface area contributed by atoms with Crippen LogP contribution in [0.1, 0.15) is 25.6 Å². The second-order valence-corrected chi connectivity index (χ2v) is 4.98. The van der Waals surface area contributed by atoms with E-state index < -0.39 is 0 Å². The van der Waals surface area contributed by atoms with Gasteiger partial charge in [-0.25, -0.2) is 0 Å². The number of hydrogen-bond acceptors (Lipinski definition) is 3. The normalized spacial score (nSPS) is 12.3. The Morgan fingerprint density at radius 1 is 1.10 bits per heavy atom. The van der Waals surface area contributed by atoms with Crippen LogP contribution in [0.15, 0.2) is 59.0 Å². The molecule has 1 heterocycles. The smallest absolute Gasteiger partial charge is 0.142 e. The number of benzene rings is 2. The number of para-hydroxylation sites is 3. The van der Waals surface area contributed by atoms with Gasteiger partial charge >= 0.3 is 0 Å². The lowest BCUT2D eigenvalue weighted by Crippen LogP contribution is -2.07. The number of fused-ring (bicyclic) bond motifs is 1. The molecule has 2 aromatic carbocycles. The quantitative estimate of drug-likeness (QED) is 0.714. The molecule has 1 unspecified atom stereocenters. The minimum Gasteiger partial charge on any atom is -0.492 e. The maximum atomic E-state index is 5.90. The van der Waals surface area contributed by atoms with Crippen molar-refractivity contribution in [1.29, 1.82) is 0 Å². The first kappa shape index (κ1) is 13.6. The first-order chi connectivity index (χ1) is 10.3. The van der Waals surface area contributed by atoms with E-state index in [1.807, 2.05) is 49.4 Å². The fraction of sp³-hybridized carbons (Fsp3) is 0.222. The van der Waals surface area contributed by atoms with Crippen molar-refractivity contribution in [3.05, 3.63) is 60.4 Å². The monoisotopic (exact) mass is 281 g/mol. The van der Waals surface area contributed by atoms with E-state index >= 15 is 0 Å². The van der Waals surface area contributed by atoms with Crippen molar-refractivity contribution in [3.63, 3.8) is 0 Å². The van der Waals surface area contributed by atoms with Gasteiger partial charge in [0.25, 0.3) is 0 Å². The highest BCUT2D eigenvalue weighted by Gasteiger charge is 2.13. The molecule has 3 nitrogen and oxygen atoms in total. The Labute approximate surface area is 124 Å². The first-order valence-electron chi connectivity index (χ1n) is 7.24. The molecule has 0 aliphatic heterocycles. The van der Waals surface area contributed by atoms with Gasteiger partial charge in [0.15, 0.2) is 0 Å². The highest BCUT2D eigenvalue weighted by Crippen LogP contribution is 2.30. The molecule has 3 rings (SSSR count). The fourth-order valence-corrected chi connectivity index (χ4v) is 2.39. The Morgan fingerprint density at radius 3 is 2.67 bits per heavy atom. The molecule has 1 atom stereocenters. The van der Waals surface area contributed by atoms with E-state index in [1.54, 1.807) is 0 Å². The molecule has 0 spiro atoms. The molecular weight excluding hydrogens is 262 g/mol. The Balaban J connectivity index is 1.84. The van der Waals surface area contributed by atoms with Crippen LogP contribution in [0.2, 0.25) is 0 Å². The van der Waals surface area contributed by atoms with Crippen LogP contribution >= 0.6 is 0 Å². The van der Waals surface area contributed by atoms with Gasteiger partial charge in [-0.15, -0.1) is 0 Å². The lowest BCUT2D eigenvalue weighted by molar-refractivity contribution is 0.341. The van der Waals surface area contributed by atoms with Crippen LogP contribution in [-0.4, -0.2) is 6.61 Å². The molecular formula is C18H19NO2. The third-order valence-corrected chi connectivity index (χ3v) is 3.43. The second kappa shape index (κ2) is 5.92. The molecule has 0 amide bonds. The summed E-state index contributed by atoms with van der Waals surface area (Å²) in [6, 6.07) is 18.2. The number of anilines is 1. The second-order valence-electron chi connectivity index (χ2n) is 4.98. The van der Waals surface area contributed by atoms with Crippen LogP contribution in [0, 0.1) is 0 Å². The molecule has 0 aliphatic carbocycles. The average Bonchev–Trinajstić information content (AvgIpc) is 2.93. The van der Waals surface area contributed by atoms with E-state index in [-0.39, 0.29) is 6.04 Å². The van der Waals surface area contributed by atoms with Crippen LogP contribution in [-0.2, 0) is 0 Å². The molecule has 1 aromatic heterocycles.